The Morgan fingerprint density at radius 1 is 1.20 bits per heavy atom. The van der Waals surface area contributed by atoms with E-state index in [1.165, 1.54) is 0 Å². The fourth-order valence-corrected chi connectivity index (χ4v) is 2.91. The van der Waals surface area contributed by atoms with Crippen molar-refractivity contribution in [2.75, 3.05) is 7.11 Å². The standard InChI is InChI=1S/C16H20O4/c1-20-13-8-6-11(7-9-13)15(17)10-12-4-2-3-5-14(12)16(18)19/h6-9,12,14H,2-5,10H2,1H3,(H,18,19)/t12-,14-/m1/s1. The largest absolute Gasteiger partial charge is 0.497 e. The van der Waals surface area contributed by atoms with Crippen molar-refractivity contribution in [3.8, 4) is 5.75 Å². The van der Waals surface area contributed by atoms with Gasteiger partial charge in [-0.05, 0) is 43.0 Å². The van der Waals surface area contributed by atoms with E-state index in [1.54, 1.807) is 31.4 Å². The van der Waals surface area contributed by atoms with E-state index >= 15 is 0 Å². The molecule has 0 aliphatic heterocycles. The summed E-state index contributed by atoms with van der Waals surface area (Å²) < 4.78 is 5.06. The third-order valence-corrected chi connectivity index (χ3v) is 4.09. The number of aliphatic carboxylic acids is 1. The maximum Gasteiger partial charge on any atom is 0.306 e. The molecule has 1 saturated carbocycles. The van der Waals surface area contributed by atoms with Gasteiger partial charge < -0.3 is 9.84 Å². The van der Waals surface area contributed by atoms with E-state index in [0.29, 0.717) is 24.2 Å². The SMILES string of the molecule is COc1ccc(C(=O)C[C@H]2CCCC[C@H]2C(=O)O)cc1. The molecular formula is C16H20O4. The van der Waals surface area contributed by atoms with E-state index in [4.69, 9.17) is 4.74 Å². The molecule has 0 radical (unpaired) electrons. The molecule has 2 atom stereocenters. The van der Waals surface area contributed by atoms with Gasteiger partial charge in [-0.2, -0.15) is 0 Å². The number of methoxy groups -OCH3 is 1. The van der Waals surface area contributed by atoms with Crippen molar-refractivity contribution in [1.82, 2.24) is 0 Å². The number of carbonyl (C=O) groups excluding carboxylic acids is 1. The molecule has 4 nitrogen and oxygen atoms in total. The summed E-state index contributed by atoms with van der Waals surface area (Å²) in [6, 6.07) is 6.98. The molecule has 1 aromatic carbocycles. The van der Waals surface area contributed by atoms with Crippen LogP contribution in [0.25, 0.3) is 0 Å². The summed E-state index contributed by atoms with van der Waals surface area (Å²) in [5.41, 5.74) is 0.625. The predicted molar refractivity (Wildman–Crippen MR) is 75.0 cm³/mol. The normalized spacial score (nSPS) is 22.2. The molecule has 0 saturated heterocycles. The van der Waals surface area contributed by atoms with Crippen LogP contribution in [-0.2, 0) is 4.79 Å². The van der Waals surface area contributed by atoms with Crippen molar-refractivity contribution in [2.24, 2.45) is 11.8 Å². The maximum absolute atomic E-state index is 12.2. The number of hydrogen-bond acceptors (Lipinski definition) is 3. The third kappa shape index (κ3) is 3.38. The summed E-state index contributed by atoms with van der Waals surface area (Å²) in [5.74, 6) is -0.438. The lowest BCUT2D eigenvalue weighted by Gasteiger charge is -2.27. The van der Waals surface area contributed by atoms with Crippen LogP contribution in [0.3, 0.4) is 0 Å². The van der Waals surface area contributed by atoms with Gasteiger partial charge in [0, 0.05) is 12.0 Å². The zero-order valence-electron chi connectivity index (χ0n) is 11.7. The van der Waals surface area contributed by atoms with Gasteiger partial charge in [-0.1, -0.05) is 12.8 Å². The fraction of sp³-hybridized carbons (Fsp3) is 0.500. The fourth-order valence-electron chi connectivity index (χ4n) is 2.91. The molecule has 0 unspecified atom stereocenters. The Labute approximate surface area is 118 Å². The van der Waals surface area contributed by atoms with Gasteiger partial charge in [0.15, 0.2) is 5.78 Å². The number of rotatable bonds is 5. The Bertz CT molecular complexity index is 478. The quantitative estimate of drug-likeness (QED) is 0.839. The first kappa shape index (κ1) is 14.6. The first-order chi connectivity index (χ1) is 9.61. The van der Waals surface area contributed by atoms with Crippen LogP contribution >= 0.6 is 0 Å². The highest BCUT2D eigenvalue weighted by molar-refractivity contribution is 5.96. The molecule has 1 N–H and O–H groups in total. The molecule has 20 heavy (non-hydrogen) atoms. The highest BCUT2D eigenvalue weighted by atomic mass is 16.5. The van der Waals surface area contributed by atoms with Crippen molar-refractivity contribution >= 4 is 11.8 Å². The van der Waals surface area contributed by atoms with Gasteiger partial charge in [0.2, 0.25) is 0 Å². The van der Waals surface area contributed by atoms with Gasteiger partial charge in [-0.15, -0.1) is 0 Å². The van der Waals surface area contributed by atoms with E-state index in [1.807, 2.05) is 0 Å². The second-order valence-corrected chi connectivity index (χ2v) is 5.35. The average molecular weight is 276 g/mol. The smallest absolute Gasteiger partial charge is 0.306 e. The van der Waals surface area contributed by atoms with E-state index < -0.39 is 5.97 Å². The summed E-state index contributed by atoms with van der Waals surface area (Å²) in [6.07, 6.45) is 3.81. The van der Waals surface area contributed by atoms with Crippen molar-refractivity contribution in [1.29, 1.82) is 0 Å². The molecule has 0 aromatic heterocycles. The van der Waals surface area contributed by atoms with E-state index in [9.17, 15) is 14.7 Å². The summed E-state index contributed by atoms with van der Waals surface area (Å²) >= 11 is 0. The number of benzene rings is 1. The van der Waals surface area contributed by atoms with Crippen LogP contribution in [0.15, 0.2) is 24.3 Å². The topological polar surface area (TPSA) is 63.6 Å². The Hall–Kier alpha value is -1.84. The van der Waals surface area contributed by atoms with E-state index in [0.717, 1.165) is 19.3 Å². The van der Waals surface area contributed by atoms with Crippen LogP contribution in [-0.4, -0.2) is 24.0 Å². The second kappa shape index (κ2) is 6.55. The van der Waals surface area contributed by atoms with Crippen LogP contribution < -0.4 is 4.74 Å². The van der Waals surface area contributed by atoms with E-state index in [2.05, 4.69) is 0 Å². The number of ether oxygens (including phenoxy) is 1. The zero-order valence-corrected chi connectivity index (χ0v) is 11.7. The van der Waals surface area contributed by atoms with E-state index in [-0.39, 0.29) is 17.6 Å². The average Bonchev–Trinajstić information content (AvgIpc) is 2.47. The van der Waals surface area contributed by atoms with Gasteiger partial charge in [0.25, 0.3) is 0 Å². The molecule has 1 aliphatic carbocycles. The van der Waals surface area contributed by atoms with Crippen molar-refractivity contribution in [3.05, 3.63) is 29.8 Å². The molecule has 1 aromatic rings. The molecule has 108 valence electrons. The Morgan fingerprint density at radius 3 is 2.45 bits per heavy atom. The van der Waals surface area contributed by atoms with Crippen LogP contribution in [0.2, 0.25) is 0 Å². The minimum atomic E-state index is -0.766. The number of hydrogen-bond donors (Lipinski definition) is 1. The first-order valence-corrected chi connectivity index (χ1v) is 7.02. The lowest BCUT2D eigenvalue weighted by Crippen LogP contribution is -2.28. The Balaban J connectivity index is 2.03. The number of ketones is 1. The second-order valence-electron chi connectivity index (χ2n) is 5.35. The monoisotopic (exact) mass is 276 g/mol. The molecular weight excluding hydrogens is 256 g/mol. The number of carbonyl (C=O) groups is 2. The first-order valence-electron chi connectivity index (χ1n) is 7.02. The van der Waals surface area contributed by atoms with Crippen molar-refractivity contribution in [3.63, 3.8) is 0 Å². The molecule has 0 heterocycles. The van der Waals surface area contributed by atoms with Crippen LogP contribution in [0.1, 0.15) is 42.5 Å². The number of Topliss-reactive ketones (excluding diaryl/α,β-unsaturated/α-hetero) is 1. The van der Waals surface area contributed by atoms with Crippen LogP contribution in [0.5, 0.6) is 5.75 Å². The highest BCUT2D eigenvalue weighted by Gasteiger charge is 2.32. The molecule has 0 bridgehead atoms. The number of carboxylic acid groups (broad SMARTS) is 1. The molecule has 0 spiro atoms. The summed E-state index contributed by atoms with van der Waals surface area (Å²) in [7, 11) is 1.58. The predicted octanol–water partition coefficient (Wildman–Crippen LogP) is 3.16. The molecule has 1 aliphatic rings. The molecule has 0 amide bonds. The maximum atomic E-state index is 12.2. The number of carboxylic acids is 1. The zero-order chi connectivity index (χ0) is 14.5. The van der Waals surface area contributed by atoms with Crippen molar-refractivity contribution < 1.29 is 19.4 Å². The van der Waals surface area contributed by atoms with Gasteiger partial charge in [-0.25, -0.2) is 0 Å². The molecule has 2 rings (SSSR count). The summed E-state index contributed by atoms with van der Waals surface area (Å²) in [4.78, 5) is 23.5. The Morgan fingerprint density at radius 2 is 1.85 bits per heavy atom. The van der Waals surface area contributed by atoms with Gasteiger partial charge in [0.05, 0.1) is 13.0 Å². The van der Waals surface area contributed by atoms with Gasteiger partial charge in [0.1, 0.15) is 5.75 Å². The van der Waals surface area contributed by atoms with Crippen molar-refractivity contribution in [2.45, 2.75) is 32.1 Å². The minimum absolute atomic E-state index is 0.0193. The van der Waals surface area contributed by atoms with Gasteiger partial charge in [-0.3, -0.25) is 9.59 Å². The Kier molecular flexibility index (Phi) is 4.77. The lowest BCUT2D eigenvalue weighted by atomic mass is 9.76. The third-order valence-electron chi connectivity index (χ3n) is 4.09. The lowest BCUT2D eigenvalue weighted by molar-refractivity contribution is -0.144. The summed E-state index contributed by atoms with van der Waals surface area (Å²) in [6.45, 7) is 0. The summed E-state index contributed by atoms with van der Waals surface area (Å²) in [5, 5.41) is 9.23. The highest BCUT2D eigenvalue weighted by Crippen LogP contribution is 2.33. The molecule has 1 fully saturated rings. The van der Waals surface area contributed by atoms with Crippen LogP contribution in [0, 0.1) is 11.8 Å². The minimum Gasteiger partial charge on any atom is -0.497 e. The van der Waals surface area contributed by atoms with Crippen LogP contribution in [0.4, 0.5) is 0 Å². The molecule has 4 heteroatoms. The van der Waals surface area contributed by atoms with Gasteiger partial charge >= 0.3 is 5.97 Å².